The van der Waals surface area contributed by atoms with E-state index in [9.17, 15) is 0 Å². The van der Waals surface area contributed by atoms with Crippen LogP contribution in [0.1, 0.15) is 69.0 Å². The van der Waals surface area contributed by atoms with Gasteiger partial charge in [0.2, 0.25) is 0 Å². The Morgan fingerprint density at radius 3 is 2.64 bits per heavy atom. The lowest BCUT2D eigenvalue weighted by atomic mass is 10.1. The summed E-state index contributed by atoms with van der Waals surface area (Å²) in [5.41, 5.74) is 7.13. The second-order valence-electron chi connectivity index (χ2n) is 6.18. The van der Waals surface area contributed by atoms with Gasteiger partial charge in [-0.05, 0) is 12.8 Å². The zero-order valence-corrected chi connectivity index (χ0v) is 16.8. The number of guanidine groups is 1. The lowest BCUT2D eigenvalue weighted by molar-refractivity contribution is 0.530. The number of thiazole rings is 1. The minimum Gasteiger partial charge on any atom is -0.370 e. The molecule has 3 N–H and O–H groups in total. The van der Waals surface area contributed by atoms with Gasteiger partial charge in [0.1, 0.15) is 0 Å². The van der Waals surface area contributed by atoms with Gasteiger partial charge in [-0.25, -0.2) is 4.98 Å². The molecule has 2 rings (SSSR count). The molecule has 1 aromatic rings. The van der Waals surface area contributed by atoms with Crippen LogP contribution in [0.4, 0.5) is 0 Å². The Balaban J connectivity index is 0.00000242. The van der Waals surface area contributed by atoms with Crippen LogP contribution in [0.15, 0.2) is 10.4 Å². The largest absolute Gasteiger partial charge is 0.370 e. The summed E-state index contributed by atoms with van der Waals surface area (Å²) in [6.07, 6.45) is 8.65. The van der Waals surface area contributed by atoms with Crippen molar-refractivity contribution in [2.75, 3.05) is 6.54 Å². The van der Waals surface area contributed by atoms with Crippen LogP contribution in [0.3, 0.4) is 0 Å². The highest BCUT2D eigenvalue weighted by Gasteiger charge is 2.12. The van der Waals surface area contributed by atoms with Gasteiger partial charge in [0, 0.05) is 30.3 Å². The molecule has 0 amide bonds. The second kappa shape index (κ2) is 10.4. The Hall–Kier alpha value is -0.370. The van der Waals surface area contributed by atoms with E-state index in [0.29, 0.717) is 24.5 Å². The van der Waals surface area contributed by atoms with Gasteiger partial charge in [-0.1, -0.05) is 39.5 Å². The van der Waals surface area contributed by atoms with Crippen molar-refractivity contribution in [3.8, 4) is 0 Å². The lowest BCUT2D eigenvalue weighted by Crippen LogP contribution is -2.40. The fourth-order valence-corrected chi connectivity index (χ4v) is 3.54. The first kappa shape index (κ1) is 19.7. The summed E-state index contributed by atoms with van der Waals surface area (Å²) in [5.74, 6) is 1.11. The molecule has 1 fully saturated rings. The Morgan fingerprint density at radius 1 is 1.36 bits per heavy atom. The van der Waals surface area contributed by atoms with Crippen molar-refractivity contribution in [2.24, 2.45) is 10.7 Å². The molecule has 0 atom stereocenters. The number of hydrogen-bond acceptors (Lipinski definition) is 3. The second-order valence-corrected chi connectivity index (χ2v) is 7.07. The third-order valence-corrected chi connectivity index (χ3v) is 5.11. The molecule has 0 spiro atoms. The predicted octanol–water partition coefficient (Wildman–Crippen LogP) is 4.05. The maximum absolute atomic E-state index is 5.99. The van der Waals surface area contributed by atoms with Crippen molar-refractivity contribution in [1.82, 2.24) is 10.3 Å². The smallest absolute Gasteiger partial charge is 0.188 e. The molecule has 0 aliphatic heterocycles. The molecule has 22 heavy (non-hydrogen) atoms. The van der Waals surface area contributed by atoms with Crippen molar-refractivity contribution in [3.63, 3.8) is 0 Å². The molecule has 0 radical (unpaired) electrons. The van der Waals surface area contributed by atoms with Crippen LogP contribution in [0.2, 0.25) is 0 Å². The van der Waals surface area contributed by atoms with Crippen LogP contribution in [-0.4, -0.2) is 23.5 Å². The monoisotopic (exact) mass is 436 g/mol. The average molecular weight is 436 g/mol. The molecule has 0 unspecified atom stereocenters. The standard InChI is InChI=1S/C16H28N4S.HI/c1-12(2)15-19-14(11-21-15)9-10-18-16(17)20-13-7-5-3-4-6-8-13;/h11-13H,3-10H2,1-2H3,(H3,17,18,20);1H. The molecule has 6 heteroatoms. The van der Waals surface area contributed by atoms with Gasteiger partial charge in [-0.2, -0.15) is 0 Å². The fraction of sp³-hybridized carbons (Fsp3) is 0.750. The molecule has 4 nitrogen and oxygen atoms in total. The van der Waals surface area contributed by atoms with Gasteiger partial charge >= 0.3 is 0 Å². The zero-order valence-electron chi connectivity index (χ0n) is 13.7. The summed E-state index contributed by atoms with van der Waals surface area (Å²) in [5, 5.41) is 6.72. The zero-order chi connectivity index (χ0) is 15.1. The molecule has 1 aliphatic rings. The number of nitrogens with one attached hydrogen (secondary N) is 1. The van der Waals surface area contributed by atoms with Crippen molar-refractivity contribution in [1.29, 1.82) is 0 Å². The van der Waals surface area contributed by atoms with Gasteiger partial charge < -0.3 is 11.1 Å². The number of nitrogens with two attached hydrogens (primary N) is 1. The average Bonchev–Trinajstić information content (AvgIpc) is 2.77. The third kappa shape index (κ3) is 6.81. The van der Waals surface area contributed by atoms with Gasteiger partial charge in [0.25, 0.3) is 0 Å². The molecule has 1 heterocycles. The number of rotatable bonds is 5. The minimum absolute atomic E-state index is 0. The van der Waals surface area contributed by atoms with Gasteiger partial charge in [0.05, 0.1) is 10.7 Å². The van der Waals surface area contributed by atoms with Crippen LogP contribution in [-0.2, 0) is 6.42 Å². The molecule has 0 bridgehead atoms. The summed E-state index contributed by atoms with van der Waals surface area (Å²) in [6.45, 7) is 5.07. The normalized spacial score (nSPS) is 17.1. The molecular weight excluding hydrogens is 407 g/mol. The van der Waals surface area contributed by atoms with Crippen LogP contribution in [0.5, 0.6) is 0 Å². The molecular formula is C16H29IN4S. The van der Waals surface area contributed by atoms with E-state index in [0.717, 1.165) is 12.1 Å². The van der Waals surface area contributed by atoms with E-state index in [1.807, 2.05) is 0 Å². The van der Waals surface area contributed by atoms with E-state index in [4.69, 9.17) is 5.73 Å². The summed E-state index contributed by atoms with van der Waals surface area (Å²) < 4.78 is 0. The molecule has 126 valence electrons. The molecule has 1 aromatic heterocycles. The van der Waals surface area contributed by atoms with Crippen LogP contribution < -0.4 is 11.1 Å². The molecule has 0 aromatic carbocycles. The number of aromatic nitrogens is 1. The number of hydrogen-bond donors (Lipinski definition) is 2. The van der Waals surface area contributed by atoms with Gasteiger partial charge in [0.15, 0.2) is 5.96 Å². The van der Waals surface area contributed by atoms with Gasteiger partial charge in [-0.3, -0.25) is 4.99 Å². The lowest BCUT2D eigenvalue weighted by Gasteiger charge is -2.16. The van der Waals surface area contributed by atoms with E-state index in [1.54, 1.807) is 11.3 Å². The fourth-order valence-electron chi connectivity index (χ4n) is 2.67. The van der Waals surface area contributed by atoms with E-state index in [2.05, 4.69) is 34.5 Å². The summed E-state index contributed by atoms with van der Waals surface area (Å²) >= 11 is 1.74. The minimum atomic E-state index is 0. The number of aliphatic imine (C=N–C) groups is 1. The Kier molecular flexibility index (Phi) is 9.31. The first-order valence-electron chi connectivity index (χ1n) is 8.16. The highest BCUT2D eigenvalue weighted by molar-refractivity contribution is 14.0. The van der Waals surface area contributed by atoms with Gasteiger partial charge in [-0.15, -0.1) is 35.3 Å². The predicted molar refractivity (Wildman–Crippen MR) is 106 cm³/mol. The Morgan fingerprint density at radius 2 is 2.05 bits per heavy atom. The molecule has 1 saturated carbocycles. The van der Waals surface area contributed by atoms with E-state index in [-0.39, 0.29) is 24.0 Å². The number of halogens is 1. The summed E-state index contributed by atoms with van der Waals surface area (Å²) in [7, 11) is 0. The van der Waals surface area contributed by atoms with Crippen molar-refractivity contribution in [2.45, 2.75) is 70.8 Å². The van der Waals surface area contributed by atoms with Crippen molar-refractivity contribution >= 4 is 41.3 Å². The van der Waals surface area contributed by atoms with Crippen LogP contribution >= 0.6 is 35.3 Å². The van der Waals surface area contributed by atoms with Crippen LogP contribution in [0.25, 0.3) is 0 Å². The number of nitrogens with zero attached hydrogens (tertiary/aromatic N) is 2. The third-order valence-electron chi connectivity index (χ3n) is 3.92. The van der Waals surface area contributed by atoms with E-state index < -0.39 is 0 Å². The Labute approximate surface area is 155 Å². The summed E-state index contributed by atoms with van der Waals surface area (Å²) in [4.78, 5) is 9.07. The first-order chi connectivity index (χ1) is 10.1. The highest BCUT2D eigenvalue weighted by atomic mass is 127. The highest BCUT2D eigenvalue weighted by Crippen LogP contribution is 2.19. The molecule has 0 saturated heterocycles. The van der Waals surface area contributed by atoms with Crippen LogP contribution in [0, 0.1) is 0 Å². The van der Waals surface area contributed by atoms with Crippen molar-refractivity contribution < 1.29 is 0 Å². The topological polar surface area (TPSA) is 63.3 Å². The van der Waals surface area contributed by atoms with E-state index >= 15 is 0 Å². The quantitative estimate of drug-likeness (QED) is 0.317. The maximum Gasteiger partial charge on any atom is 0.188 e. The maximum atomic E-state index is 5.99. The van der Waals surface area contributed by atoms with E-state index in [1.165, 1.54) is 43.5 Å². The molecule has 1 aliphatic carbocycles. The SMILES string of the molecule is CC(C)c1nc(CCN=C(N)NC2CCCCCC2)cs1.I. The Bertz CT molecular complexity index is 451. The van der Waals surface area contributed by atoms with Crippen molar-refractivity contribution in [3.05, 3.63) is 16.1 Å². The summed E-state index contributed by atoms with van der Waals surface area (Å²) in [6, 6.07) is 0.517. The first-order valence-corrected chi connectivity index (χ1v) is 9.04.